The average Bonchev–Trinajstić information content (AvgIpc) is 2.75. The molecule has 1 aliphatic carbocycles. The minimum absolute atomic E-state index is 0.0705. The molecule has 2 aromatic heterocycles. The smallest absolute Gasteiger partial charge is 0.335 e. The van der Waals surface area contributed by atoms with E-state index in [1.165, 1.54) is 17.8 Å². The molecule has 0 radical (unpaired) electrons. The quantitative estimate of drug-likeness (QED) is 0.907. The van der Waals surface area contributed by atoms with Crippen LogP contribution in [0.5, 0.6) is 0 Å². The van der Waals surface area contributed by atoms with E-state index < -0.39 is 5.97 Å². The van der Waals surface area contributed by atoms with Gasteiger partial charge in [0, 0.05) is 18.9 Å². The van der Waals surface area contributed by atoms with Gasteiger partial charge in [0.2, 0.25) is 0 Å². The van der Waals surface area contributed by atoms with Gasteiger partial charge in [0.25, 0.3) is 0 Å². The Hall–Kier alpha value is -2.27. The number of carbonyl (C=O) groups is 1. The van der Waals surface area contributed by atoms with Crippen LogP contribution in [0.25, 0.3) is 0 Å². The molecule has 1 atom stereocenters. The molecule has 0 aliphatic heterocycles. The van der Waals surface area contributed by atoms with E-state index >= 15 is 0 Å². The van der Waals surface area contributed by atoms with Crippen LogP contribution in [0.4, 0.5) is 0 Å². The summed E-state index contributed by atoms with van der Waals surface area (Å²) >= 11 is 0. The fraction of sp³-hybridized carbons (Fsp3) is 0.353. The Kier molecular flexibility index (Phi) is 3.66. The first kappa shape index (κ1) is 14.7. The van der Waals surface area contributed by atoms with Crippen LogP contribution in [0.15, 0.2) is 36.7 Å². The summed E-state index contributed by atoms with van der Waals surface area (Å²) in [4.78, 5) is 19.8. The zero-order valence-electron chi connectivity index (χ0n) is 12.7. The van der Waals surface area contributed by atoms with Crippen LogP contribution in [0.1, 0.15) is 47.2 Å². The molecule has 5 heteroatoms. The summed E-state index contributed by atoms with van der Waals surface area (Å²) in [6.45, 7) is 4.95. The zero-order valence-corrected chi connectivity index (χ0v) is 12.7. The normalized spacial score (nSPS) is 18.9. The lowest BCUT2D eigenvalue weighted by atomic mass is 9.86. The lowest BCUT2D eigenvalue weighted by Gasteiger charge is -2.27. The van der Waals surface area contributed by atoms with Gasteiger partial charge in [0.15, 0.2) is 0 Å². The van der Waals surface area contributed by atoms with Gasteiger partial charge in [0.1, 0.15) is 0 Å². The number of pyridine rings is 2. The summed E-state index contributed by atoms with van der Waals surface area (Å²) in [6, 6.07) is 7.34. The van der Waals surface area contributed by atoms with Crippen LogP contribution in [0, 0.1) is 5.41 Å². The van der Waals surface area contributed by atoms with Crippen LogP contribution in [0.3, 0.4) is 0 Å². The molecular weight excluding hydrogens is 278 g/mol. The highest BCUT2D eigenvalue weighted by Gasteiger charge is 2.39. The van der Waals surface area contributed by atoms with Crippen LogP contribution in [-0.4, -0.2) is 21.0 Å². The summed E-state index contributed by atoms with van der Waals surface area (Å²) in [7, 11) is 0. The fourth-order valence-electron chi connectivity index (χ4n) is 3.11. The van der Waals surface area contributed by atoms with Gasteiger partial charge in [-0.15, -0.1) is 0 Å². The van der Waals surface area contributed by atoms with Gasteiger partial charge in [-0.2, -0.15) is 0 Å². The summed E-state index contributed by atoms with van der Waals surface area (Å²) in [5, 5.41) is 12.5. The molecule has 0 aromatic carbocycles. The second kappa shape index (κ2) is 5.50. The Morgan fingerprint density at radius 3 is 2.95 bits per heavy atom. The Bertz CT molecular complexity index is 713. The third-order valence-corrected chi connectivity index (χ3v) is 4.18. The lowest BCUT2D eigenvalue weighted by Crippen LogP contribution is -2.31. The van der Waals surface area contributed by atoms with Gasteiger partial charge < -0.3 is 10.4 Å². The number of nitrogens with zero attached hydrogens (tertiary/aromatic N) is 2. The monoisotopic (exact) mass is 297 g/mol. The molecule has 22 heavy (non-hydrogen) atoms. The van der Waals surface area contributed by atoms with Gasteiger partial charge in [-0.25, -0.2) is 4.79 Å². The number of rotatable bonds is 4. The molecule has 2 heterocycles. The van der Waals surface area contributed by atoms with Crippen molar-refractivity contribution < 1.29 is 9.90 Å². The first-order valence-electron chi connectivity index (χ1n) is 7.33. The largest absolute Gasteiger partial charge is 0.478 e. The van der Waals surface area contributed by atoms with E-state index in [4.69, 9.17) is 5.11 Å². The Morgan fingerprint density at radius 2 is 2.18 bits per heavy atom. The van der Waals surface area contributed by atoms with Gasteiger partial charge in [-0.05, 0) is 35.6 Å². The summed E-state index contributed by atoms with van der Waals surface area (Å²) < 4.78 is 0. The average molecular weight is 297 g/mol. The fourth-order valence-corrected chi connectivity index (χ4v) is 3.11. The summed E-state index contributed by atoms with van der Waals surface area (Å²) in [5.74, 6) is -0.933. The van der Waals surface area contributed by atoms with Crippen molar-refractivity contribution in [2.75, 3.05) is 0 Å². The van der Waals surface area contributed by atoms with E-state index in [1.807, 2.05) is 12.3 Å². The molecular formula is C17H19N3O2. The number of aromatic nitrogens is 2. The summed E-state index contributed by atoms with van der Waals surface area (Å²) in [5.41, 5.74) is 3.41. The molecule has 114 valence electrons. The number of aromatic carboxylic acids is 1. The Balaban J connectivity index is 1.79. The number of fused-ring (bicyclic) bond motifs is 1. The second-order valence-electron chi connectivity index (χ2n) is 6.37. The predicted octanol–water partition coefficient (Wildman–Crippen LogP) is 2.59. The lowest BCUT2D eigenvalue weighted by molar-refractivity contribution is 0.0696. The minimum atomic E-state index is -0.933. The highest BCUT2D eigenvalue weighted by molar-refractivity contribution is 5.87. The van der Waals surface area contributed by atoms with Crippen molar-refractivity contribution >= 4 is 5.97 Å². The van der Waals surface area contributed by atoms with E-state index in [-0.39, 0.29) is 17.0 Å². The molecule has 0 saturated carbocycles. The molecule has 2 aromatic rings. The van der Waals surface area contributed by atoms with Crippen molar-refractivity contribution in [3.05, 3.63) is 59.2 Å². The maximum absolute atomic E-state index is 11.0. The Morgan fingerprint density at radius 1 is 1.36 bits per heavy atom. The first-order chi connectivity index (χ1) is 10.5. The van der Waals surface area contributed by atoms with Crippen LogP contribution in [-0.2, 0) is 13.0 Å². The van der Waals surface area contributed by atoms with Crippen LogP contribution in [0.2, 0.25) is 0 Å². The van der Waals surface area contributed by atoms with Crippen molar-refractivity contribution in [2.24, 2.45) is 5.41 Å². The number of carboxylic acids is 1. The Labute approximate surface area is 129 Å². The molecule has 3 rings (SSSR count). The van der Waals surface area contributed by atoms with Gasteiger partial charge in [0.05, 0.1) is 23.0 Å². The number of hydrogen-bond acceptors (Lipinski definition) is 4. The van der Waals surface area contributed by atoms with Crippen LogP contribution >= 0.6 is 0 Å². The standard InChI is InChI=1S/C17H19N3O2/c1-17(2)9-12-4-3-6-19-14(12)15(17)20-10-13-8-11(16(21)22)5-7-18-13/h3-8,15,20H,9-10H2,1-2H3,(H,21,22). The number of hydrogen-bond donors (Lipinski definition) is 2. The molecule has 1 unspecified atom stereocenters. The molecule has 0 fully saturated rings. The molecule has 0 bridgehead atoms. The molecule has 1 aliphatic rings. The van der Waals surface area contributed by atoms with Crippen molar-refractivity contribution in [1.82, 2.24) is 15.3 Å². The van der Waals surface area contributed by atoms with Gasteiger partial charge in [-0.3, -0.25) is 9.97 Å². The van der Waals surface area contributed by atoms with Crippen molar-refractivity contribution in [3.8, 4) is 0 Å². The van der Waals surface area contributed by atoms with Gasteiger partial charge in [-0.1, -0.05) is 19.9 Å². The number of carboxylic acid groups (broad SMARTS) is 1. The van der Waals surface area contributed by atoms with E-state index in [0.717, 1.165) is 17.8 Å². The van der Waals surface area contributed by atoms with Crippen molar-refractivity contribution in [3.63, 3.8) is 0 Å². The summed E-state index contributed by atoms with van der Waals surface area (Å²) in [6.07, 6.45) is 4.33. The maximum atomic E-state index is 11.0. The molecule has 5 nitrogen and oxygen atoms in total. The number of nitrogens with one attached hydrogen (secondary N) is 1. The topological polar surface area (TPSA) is 75.1 Å². The zero-order chi connectivity index (χ0) is 15.7. The highest BCUT2D eigenvalue weighted by Crippen LogP contribution is 2.43. The maximum Gasteiger partial charge on any atom is 0.335 e. The van der Waals surface area contributed by atoms with E-state index in [9.17, 15) is 4.79 Å². The van der Waals surface area contributed by atoms with Crippen molar-refractivity contribution in [2.45, 2.75) is 32.9 Å². The first-order valence-corrected chi connectivity index (χ1v) is 7.33. The van der Waals surface area contributed by atoms with Crippen LogP contribution < -0.4 is 5.32 Å². The molecule has 0 saturated heterocycles. The molecule has 2 N–H and O–H groups in total. The minimum Gasteiger partial charge on any atom is -0.478 e. The predicted molar refractivity (Wildman–Crippen MR) is 82.5 cm³/mol. The third-order valence-electron chi connectivity index (χ3n) is 4.18. The molecule has 0 amide bonds. The van der Waals surface area contributed by atoms with E-state index in [0.29, 0.717) is 6.54 Å². The van der Waals surface area contributed by atoms with E-state index in [1.54, 1.807) is 6.07 Å². The van der Waals surface area contributed by atoms with E-state index in [2.05, 4.69) is 35.2 Å². The molecule has 0 spiro atoms. The second-order valence-corrected chi connectivity index (χ2v) is 6.37. The van der Waals surface area contributed by atoms with Gasteiger partial charge >= 0.3 is 5.97 Å². The van der Waals surface area contributed by atoms with Crippen molar-refractivity contribution in [1.29, 1.82) is 0 Å². The third kappa shape index (κ3) is 2.72. The SMILES string of the molecule is CC1(C)Cc2cccnc2C1NCc1cc(C(=O)O)ccn1. The highest BCUT2D eigenvalue weighted by atomic mass is 16.4.